The second-order valence-electron chi connectivity index (χ2n) is 4.32. The molecule has 0 aromatic carbocycles. The van der Waals surface area contributed by atoms with Gasteiger partial charge in [-0.15, -0.1) is 0 Å². The number of aryl methyl sites for hydroxylation is 1. The number of nitrogens with one attached hydrogen (secondary N) is 1. The predicted molar refractivity (Wildman–Crippen MR) is 66.6 cm³/mol. The van der Waals surface area contributed by atoms with Crippen LogP contribution in [0.1, 0.15) is 24.0 Å². The summed E-state index contributed by atoms with van der Waals surface area (Å²) in [6.45, 7) is 3.77. The molecule has 0 saturated carbocycles. The summed E-state index contributed by atoms with van der Waals surface area (Å²) in [7, 11) is 1.86. The highest BCUT2D eigenvalue weighted by molar-refractivity contribution is 7.08. The fourth-order valence-electron chi connectivity index (χ4n) is 2.12. The Morgan fingerprint density at radius 2 is 2.38 bits per heavy atom. The number of piperidine rings is 1. The minimum atomic E-state index is 0.0210. The molecule has 1 amide bonds. The molecule has 1 atom stereocenters. The Morgan fingerprint density at radius 3 is 3.00 bits per heavy atom. The van der Waals surface area contributed by atoms with E-state index < -0.39 is 0 Å². The highest BCUT2D eigenvalue weighted by Crippen LogP contribution is 2.19. The molecule has 0 radical (unpaired) electrons. The third kappa shape index (κ3) is 2.28. The quantitative estimate of drug-likeness (QED) is 0.870. The largest absolute Gasteiger partial charge is 0.337 e. The average Bonchev–Trinajstić information content (AvgIpc) is 2.68. The average molecular weight is 238 g/mol. The minimum Gasteiger partial charge on any atom is -0.337 e. The van der Waals surface area contributed by atoms with Crippen LogP contribution in [0.15, 0.2) is 10.8 Å². The van der Waals surface area contributed by atoms with Gasteiger partial charge in [-0.3, -0.25) is 4.79 Å². The summed E-state index contributed by atoms with van der Waals surface area (Å²) in [5.41, 5.74) is 2.58. The summed E-state index contributed by atoms with van der Waals surface area (Å²) < 4.78 is 0. The topological polar surface area (TPSA) is 32.3 Å². The molecular weight excluding hydrogens is 220 g/mol. The first-order valence-corrected chi connectivity index (χ1v) is 6.64. The lowest BCUT2D eigenvalue weighted by Gasteiger charge is -2.32. The van der Waals surface area contributed by atoms with Gasteiger partial charge in [0.2, 0.25) is 5.91 Å². The summed E-state index contributed by atoms with van der Waals surface area (Å²) in [6, 6.07) is 0.0210. The molecule has 0 bridgehead atoms. The standard InChI is InChI=1S/C12H18N2OS/c1-9-7-16-8-10(9)6-14-5-3-4-11(13-2)12(14)15/h7-8,11,13H,3-6H2,1-2H3. The number of nitrogens with zero attached hydrogens (tertiary/aromatic N) is 1. The predicted octanol–water partition coefficient (Wildman–Crippen LogP) is 1.77. The van der Waals surface area contributed by atoms with Gasteiger partial charge < -0.3 is 10.2 Å². The SMILES string of the molecule is CNC1CCCN(Cc2cscc2C)C1=O. The van der Waals surface area contributed by atoms with E-state index in [0.717, 1.165) is 25.9 Å². The molecule has 2 heterocycles. The number of hydrogen-bond acceptors (Lipinski definition) is 3. The molecule has 1 N–H and O–H groups in total. The highest BCUT2D eigenvalue weighted by Gasteiger charge is 2.27. The van der Waals surface area contributed by atoms with Gasteiger partial charge in [0.25, 0.3) is 0 Å². The highest BCUT2D eigenvalue weighted by atomic mass is 32.1. The van der Waals surface area contributed by atoms with Crippen molar-refractivity contribution in [2.24, 2.45) is 0 Å². The first-order chi connectivity index (χ1) is 7.72. The first-order valence-electron chi connectivity index (χ1n) is 5.70. The first kappa shape index (κ1) is 11.6. The third-order valence-electron chi connectivity index (χ3n) is 3.20. The number of carbonyl (C=O) groups is 1. The smallest absolute Gasteiger partial charge is 0.239 e. The second kappa shape index (κ2) is 4.97. The van der Waals surface area contributed by atoms with Gasteiger partial charge in [0.05, 0.1) is 6.04 Å². The van der Waals surface area contributed by atoms with E-state index in [2.05, 4.69) is 23.0 Å². The van der Waals surface area contributed by atoms with Crippen molar-refractivity contribution in [3.05, 3.63) is 21.9 Å². The second-order valence-corrected chi connectivity index (χ2v) is 5.07. The monoisotopic (exact) mass is 238 g/mol. The Bertz CT molecular complexity index is 375. The summed E-state index contributed by atoms with van der Waals surface area (Å²) >= 11 is 1.71. The van der Waals surface area contributed by atoms with Crippen molar-refractivity contribution in [2.45, 2.75) is 32.4 Å². The van der Waals surface area contributed by atoms with Crippen LogP contribution in [0.2, 0.25) is 0 Å². The lowest BCUT2D eigenvalue weighted by molar-refractivity contribution is -0.136. The normalized spacial score (nSPS) is 21.5. The van der Waals surface area contributed by atoms with Gasteiger partial charge in [-0.1, -0.05) is 0 Å². The molecular formula is C12H18N2OS. The van der Waals surface area contributed by atoms with E-state index in [4.69, 9.17) is 0 Å². The molecule has 1 saturated heterocycles. The van der Waals surface area contributed by atoms with E-state index in [1.54, 1.807) is 11.3 Å². The van der Waals surface area contributed by atoms with E-state index >= 15 is 0 Å². The maximum absolute atomic E-state index is 12.1. The van der Waals surface area contributed by atoms with Gasteiger partial charge in [0.15, 0.2) is 0 Å². The van der Waals surface area contributed by atoms with Crippen molar-refractivity contribution >= 4 is 17.2 Å². The van der Waals surface area contributed by atoms with Crippen LogP contribution in [-0.4, -0.2) is 30.4 Å². The van der Waals surface area contributed by atoms with Gasteiger partial charge in [-0.05, 0) is 48.7 Å². The molecule has 1 aromatic heterocycles. The van der Waals surface area contributed by atoms with Crippen molar-refractivity contribution in [1.82, 2.24) is 10.2 Å². The summed E-state index contributed by atoms with van der Waals surface area (Å²) in [4.78, 5) is 14.0. The Morgan fingerprint density at radius 1 is 1.56 bits per heavy atom. The fourth-order valence-corrected chi connectivity index (χ4v) is 2.97. The molecule has 3 nitrogen and oxygen atoms in total. The van der Waals surface area contributed by atoms with E-state index in [-0.39, 0.29) is 11.9 Å². The molecule has 16 heavy (non-hydrogen) atoms. The Balaban J connectivity index is 2.04. The zero-order valence-electron chi connectivity index (χ0n) is 9.82. The van der Waals surface area contributed by atoms with E-state index in [1.165, 1.54) is 11.1 Å². The van der Waals surface area contributed by atoms with Crippen LogP contribution in [0, 0.1) is 6.92 Å². The van der Waals surface area contributed by atoms with Crippen molar-refractivity contribution in [1.29, 1.82) is 0 Å². The lowest BCUT2D eigenvalue weighted by atomic mass is 10.0. The number of likely N-dealkylation sites (tertiary alicyclic amines) is 1. The molecule has 2 rings (SSSR count). The molecule has 1 fully saturated rings. The summed E-state index contributed by atoms with van der Waals surface area (Å²) in [5, 5.41) is 7.37. The number of carbonyl (C=O) groups excluding carboxylic acids is 1. The number of likely N-dealkylation sites (N-methyl/N-ethyl adjacent to an activating group) is 1. The van der Waals surface area contributed by atoms with Crippen LogP contribution in [-0.2, 0) is 11.3 Å². The Labute approximate surface area is 100 Å². The molecule has 1 aliphatic heterocycles. The molecule has 1 aromatic rings. The minimum absolute atomic E-state index is 0.0210. The van der Waals surface area contributed by atoms with Crippen LogP contribution < -0.4 is 5.32 Å². The fraction of sp³-hybridized carbons (Fsp3) is 0.583. The zero-order valence-corrected chi connectivity index (χ0v) is 10.6. The van der Waals surface area contributed by atoms with Crippen molar-refractivity contribution in [3.63, 3.8) is 0 Å². The van der Waals surface area contributed by atoms with Gasteiger partial charge in [0.1, 0.15) is 0 Å². The summed E-state index contributed by atoms with van der Waals surface area (Å²) in [5.74, 6) is 0.249. The van der Waals surface area contributed by atoms with Gasteiger partial charge in [0, 0.05) is 13.1 Å². The van der Waals surface area contributed by atoms with Crippen LogP contribution in [0.5, 0.6) is 0 Å². The van der Waals surface area contributed by atoms with Crippen LogP contribution in [0.3, 0.4) is 0 Å². The number of thiophene rings is 1. The Kier molecular flexibility index (Phi) is 3.61. The van der Waals surface area contributed by atoms with Crippen LogP contribution >= 0.6 is 11.3 Å². The molecule has 0 aliphatic carbocycles. The maximum Gasteiger partial charge on any atom is 0.239 e. The zero-order chi connectivity index (χ0) is 11.5. The van der Waals surface area contributed by atoms with Crippen LogP contribution in [0.25, 0.3) is 0 Å². The van der Waals surface area contributed by atoms with Crippen LogP contribution in [0.4, 0.5) is 0 Å². The van der Waals surface area contributed by atoms with E-state index in [9.17, 15) is 4.79 Å². The molecule has 1 unspecified atom stereocenters. The van der Waals surface area contributed by atoms with Crippen molar-refractivity contribution in [2.75, 3.05) is 13.6 Å². The lowest BCUT2D eigenvalue weighted by Crippen LogP contribution is -2.49. The van der Waals surface area contributed by atoms with Crippen molar-refractivity contribution < 1.29 is 4.79 Å². The van der Waals surface area contributed by atoms with E-state index in [0.29, 0.717) is 0 Å². The molecule has 88 valence electrons. The molecule has 0 spiro atoms. The van der Waals surface area contributed by atoms with Gasteiger partial charge in [-0.2, -0.15) is 11.3 Å². The molecule has 1 aliphatic rings. The van der Waals surface area contributed by atoms with Gasteiger partial charge >= 0.3 is 0 Å². The molecule has 4 heteroatoms. The van der Waals surface area contributed by atoms with Gasteiger partial charge in [-0.25, -0.2) is 0 Å². The summed E-state index contributed by atoms with van der Waals surface area (Å²) in [6.07, 6.45) is 2.06. The maximum atomic E-state index is 12.1. The number of amides is 1. The third-order valence-corrected chi connectivity index (χ3v) is 4.11. The van der Waals surface area contributed by atoms with Crippen molar-refractivity contribution in [3.8, 4) is 0 Å². The van der Waals surface area contributed by atoms with E-state index in [1.807, 2.05) is 11.9 Å². The number of hydrogen-bond donors (Lipinski definition) is 1. The Hall–Kier alpha value is -0.870. The number of rotatable bonds is 3.